The molecule has 0 aliphatic rings. The van der Waals surface area contributed by atoms with Crippen molar-refractivity contribution in [3.63, 3.8) is 0 Å². The predicted molar refractivity (Wildman–Crippen MR) is 104 cm³/mol. The average Bonchev–Trinajstić information content (AvgIpc) is 3.12. The summed E-state index contributed by atoms with van der Waals surface area (Å²) in [5, 5.41) is 0. The van der Waals surface area contributed by atoms with Crippen molar-refractivity contribution >= 4 is 17.4 Å². The van der Waals surface area contributed by atoms with Crippen molar-refractivity contribution in [2.24, 2.45) is 0 Å². The number of halogens is 4. The lowest BCUT2D eigenvalue weighted by Crippen LogP contribution is -2.28. The molecule has 0 unspecified atom stereocenters. The molecule has 0 fully saturated rings. The van der Waals surface area contributed by atoms with E-state index in [1.807, 2.05) is 0 Å². The molecule has 6 nitrogen and oxygen atoms in total. The number of fused-ring (bicyclic) bond motifs is 1. The number of benzene rings is 2. The number of aromatic nitrogens is 3. The lowest BCUT2D eigenvalue weighted by atomic mass is 10.1. The van der Waals surface area contributed by atoms with Crippen LogP contribution in [0.3, 0.4) is 0 Å². The summed E-state index contributed by atoms with van der Waals surface area (Å²) in [7, 11) is 1.50. The Balaban J connectivity index is 1.83. The molecule has 0 radical (unpaired) electrons. The molecule has 4 aromatic rings. The molecule has 2 aromatic carbocycles. The number of anilines is 1. The fourth-order valence-electron chi connectivity index (χ4n) is 3.07. The SMILES string of the molecule is CN(C(=O)c1c(-c2cccc(OC(F)(F)F)c2)nc2ncccn12)c1ccc(F)cc1. The number of hydrogen-bond acceptors (Lipinski definition) is 4. The van der Waals surface area contributed by atoms with Crippen LogP contribution in [0.25, 0.3) is 17.0 Å². The largest absolute Gasteiger partial charge is 0.573 e. The van der Waals surface area contributed by atoms with Gasteiger partial charge in [0.2, 0.25) is 5.78 Å². The Hall–Kier alpha value is -3.95. The van der Waals surface area contributed by atoms with Crippen LogP contribution in [0, 0.1) is 5.82 Å². The number of ether oxygens (including phenoxy) is 1. The van der Waals surface area contributed by atoms with Crippen molar-refractivity contribution < 1.29 is 27.1 Å². The molecule has 0 saturated carbocycles. The summed E-state index contributed by atoms with van der Waals surface area (Å²) in [5.74, 6) is -1.22. The number of rotatable bonds is 4. The van der Waals surface area contributed by atoms with Gasteiger partial charge in [0.25, 0.3) is 5.91 Å². The van der Waals surface area contributed by atoms with Gasteiger partial charge in [-0.2, -0.15) is 0 Å². The van der Waals surface area contributed by atoms with E-state index in [1.54, 1.807) is 12.3 Å². The molecule has 0 aliphatic heterocycles. The van der Waals surface area contributed by atoms with Crippen LogP contribution >= 0.6 is 0 Å². The van der Waals surface area contributed by atoms with Crippen molar-refractivity contribution in [3.8, 4) is 17.0 Å². The monoisotopic (exact) mass is 430 g/mol. The van der Waals surface area contributed by atoms with Gasteiger partial charge in [-0.25, -0.2) is 14.4 Å². The third-order valence-electron chi connectivity index (χ3n) is 4.47. The summed E-state index contributed by atoms with van der Waals surface area (Å²) < 4.78 is 56.6. The standard InChI is InChI=1S/C21H14F4N4O2/c1-28(15-8-6-14(22)7-9-15)19(30)18-17(27-20-26-10-3-11-29(18)20)13-4-2-5-16(12-13)31-21(23,24)25/h2-12H,1H3. The number of nitrogens with zero attached hydrogens (tertiary/aromatic N) is 4. The molecule has 2 aromatic heterocycles. The normalized spacial score (nSPS) is 11.5. The van der Waals surface area contributed by atoms with Crippen molar-refractivity contribution in [1.29, 1.82) is 0 Å². The minimum absolute atomic E-state index is 0.0825. The van der Waals surface area contributed by atoms with Gasteiger partial charge >= 0.3 is 6.36 Å². The summed E-state index contributed by atoms with van der Waals surface area (Å²) >= 11 is 0. The van der Waals surface area contributed by atoms with Crippen LogP contribution in [0.15, 0.2) is 67.0 Å². The molecule has 0 atom stereocenters. The smallest absolute Gasteiger partial charge is 0.406 e. The maximum atomic E-state index is 13.3. The van der Waals surface area contributed by atoms with E-state index in [0.717, 1.165) is 12.1 Å². The van der Waals surface area contributed by atoms with Crippen LogP contribution in [-0.2, 0) is 0 Å². The molecule has 2 heterocycles. The molecule has 0 N–H and O–H groups in total. The van der Waals surface area contributed by atoms with E-state index in [9.17, 15) is 22.4 Å². The zero-order valence-corrected chi connectivity index (χ0v) is 16.0. The van der Waals surface area contributed by atoms with E-state index in [4.69, 9.17) is 0 Å². The number of alkyl halides is 3. The van der Waals surface area contributed by atoms with Gasteiger partial charge < -0.3 is 9.64 Å². The molecule has 10 heteroatoms. The summed E-state index contributed by atoms with van der Waals surface area (Å²) in [5.41, 5.74) is 0.873. The highest BCUT2D eigenvalue weighted by molar-refractivity contribution is 6.08. The quantitative estimate of drug-likeness (QED) is 0.440. The van der Waals surface area contributed by atoms with E-state index in [0.29, 0.717) is 5.69 Å². The molecule has 4 rings (SSSR count). The Morgan fingerprint density at radius 1 is 1.10 bits per heavy atom. The van der Waals surface area contributed by atoms with E-state index < -0.39 is 23.8 Å². The van der Waals surface area contributed by atoms with Gasteiger partial charge in [-0.05, 0) is 42.5 Å². The van der Waals surface area contributed by atoms with Crippen molar-refractivity contribution in [3.05, 3.63) is 78.5 Å². The van der Waals surface area contributed by atoms with Gasteiger partial charge in [0.05, 0.1) is 0 Å². The fourth-order valence-corrected chi connectivity index (χ4v) is 3.07. The highest BCUT2D eigenvalue weighted by atomic mass is 19.4. The lowest BCUT2D eigenvalue weighted by molar-refractivity contribution is -0.274. The molecule has 31 heavy (non-hydrogen) atoms. The lowest BCUT2D eigenvalue weighted by Gasteiger charge is -2.18. The Bertz CT molecular complexity index is 1250. The van der Waals surface area contributed by atoms with Crippen LogP contribution in [0.1, 0.15) is 10.5 Å². The van der Waals surface area contributed by atoms with E-state index in [-0.39, 0.29) is 22.7 Å². The van der Waals surface area contributed by atoms with Crippen molar-refractivity contribution in [2.75, 3.05) is 11.9 Å². The molecule has 158 valence electrons. The predicted octanol–water partition coefficient (Wildman–Crippen LogP) is 4.71. The highest BCUT2D eigenvalue weighted by Gasteiger charge is 2.31. The van der Waals surface area contributed by atoms with Crippen LogP contribution in [0.4, 0.5) is 23.2 Å². The van der Waals surface area contributed by atoms with Crippen LogP contribution in [0.2, 0.25) is 0 Å². The number of imidazole rings is 1. The topological polar surface area (TPSA) is 59.7 Å². The molecule has 1 amide bonds. The zero-order valence-electron chi connectivity index (χ0n) is 16.0. The van der Waals surface area contributed by atoms with Crippen molar-refractivity contribution in [2.45, 2.75) is 6.36 Å². The summed E-state index contributed by atoms with van der Waals surface area (Å²) in [6, 6.07) is 12.1. The van der Waals surface area contributed by atoms with Crippen LogP contribution in [-0.4, -0.2) is 33.7 Å². The zero-order chi connectivity index (χ0) is 22.2. The first-order chi connectivity index (χ1) is 14.7. The summed E-state index contributed by atoms with van der Waals surface area (Å²) in [6.07, 6.45) is -1.81. The Morgan fingerprint density at radius 2 is 1.84 bits per heavy atom. The maximum Gasteiger partial charge on any atom is 0.573 e. The Morgan fingerprint density at radius 3 is 2.55 bits per heavy atom. The van der Waals surface area contributed by atoms with Gasteiger partial charge in [-0.3, -0.25) is 9.20 Å². The van der Waals surface area contributed by atoms with Gasteiger partial charge in [-0.1, -0.05) is 12.1 Å². The van der Waals surface area contributed by atoms with Crippen LogP contribution < -0.4 is 9.64 Å². The van der Waals surface area contributed by atoms with E-state index in [1.165, 1.54) is 58.9 Å². The summed E-state index contributed by atoms with van der Waals surface area (Å²) in [4.78, 5) is 23.1. The maximum absolute atomic E-state index is 13.3. The third-order valence-corrected chi connectivity index (χ3v) is 4.47. The van der Waals surface area contributed by atoms with Gasteiger partial charge in [0.1, 0.15) is 23.0 Å². The second kappa shape index (κ2) is 7.71. The molecule has 0 saturated heterocycles. The number of carbonyl (C=O) groups is 1. The first kappa shape index (κ1) is 20.3. The minimum Gasteiger partial charge on any atom is -0.406 e. The average molecular weight is 430 g/mol. The Kier molecular flexibility index (Phi) is 5.05. The first-order valence-electron chi connectivity index (χ1n) is 8.96. The van der Waals surface area contributed by atoms with Crippen LogP contribution in [0.5, 0.6) is 5.75 Å². The first-order valence-corrected chi connectivity index (χ1v) is 8.96. The summed E-state index contributed by atoms with van der Waals surface area (Å²) in [6.45, 7) is 0. The third kappa shape index (κ3) is 4.18. The molecule has 0 bridgehead atoms. The minimum atomic E-state index is -4.86. The second-order valence-corrected chi connectivity index (χ2v) is 6.51. The van der Waals surface area contributed by atoms with Crippen molar-refractivity contribution in [1.82, 2.24) is 14.4 Å². The van der Waals surface area contributed by atoms with Gasteiger partial charge in [0.15, 0.2) is 0 Å². The molecule has 0 aliphatic carbocycles. The molecule has 0 spiro atoms. The highest BCUT2D eigenvalue weighted by Crippen LogP contribution is 2.31. The van der Waals surface area contributed by atoms with E-state index >= 15 is 0 Å². The number of hydrogen-bond donors (Lipinski definition) is 0. The van der Waals surface area contributed by atoms with Gasteiger partial charge in [-0.15, -0.1) is 13.2 Å². The molecular formula is C21H14F4N4O2. The Labute approximate surface area is 173 Å². The second-order valence-electron chi connectivity index (χ2n) is 6.51. The van der Waals surface area contributed by atoms with Gasteiger partial charge in [0, 0.05) is 30.7 Å². The van der Waals surface area contributed by atoms with E-state index in [2.05, 4.69) is 14.7 Å². The number of amides is 1. The fraction of sp³-hybridized carbons (Fsp3) is 0.0952. The molecular weight excluding hydrogens is 416 g/mol. The number of carbonyl (C=O) groups excluding carboxylic acids is 1.